The van der Waals surface area contributed by atoms with Crippen LogP contribution in [-0.2, 0) is 9.59 Å². The van der Waals surface area contributed by atoms with Gasteiger partial charge in [0, 0.05) is 10.7 Å². The highest BCUT2D eigenvalue weighted by atomic mass is 35.5. The second-order valence-electron chi connectivity index (χ2n) is 6.36. The van der Waals surface area contributed by atoms with Gasteiger partial charge in [-0.15, -0.1) is 0 Å². The average Bonchev–Trinajstić information content (AvgIpc) is 2.68. The van der Waals surface area contributed by atoms with Crippen LogP contribution < -0.4 is 25.0 Å². The van der Waals surface area contributed by atoms with Crippen LogP contribution >= 0.6 is 11.6 Å². The molecule has 2 aromatic rings. The summed E-state index contributed by atoms with van der Waals surface area (Å²) in [6, 6.07) is 11.6. The molecule has 2 atom stereocenters. The Balaban J connectivity index is 1.93. The fraction of sp³-hybridized carbons (Fsp3) is 0.300. The van der Waals surface area contributed by atoms with Crippen molar-refractivity contribution in [2.75, 3.05) is 38.4 Å². The molecule has 150 valence electrons. The summed E-state index contributed by atoms with van der Waals surface area (Å²) in [4.78, 5) is 25.6. The third kappa shape index (κ3) is 5.87. The Hall–Kier alpha value is -2.77. The molecule has 7 nitrogen and oxygen atoms in total. The van der Waals surface area contributed by atoms with Crippen LogP contribution in [0.4, 0.5) is 11.4 Å². The summed E-state index contributed by atoms with van der Waals surface area (Å²) in [5, 5.41) is 6.10. The zero-order chi connectivity index (χ0) is 20.7. The number of amides is 2. The van der Waals surface area contributed by atoms with Crippen LogP contribution in [0.15, 0.2) is 42.5 Å². The molecule has 3 N–H and O–H groups in total. The lowest BCUT2D eigenvalue weighted by atomic mass is 10.2. The molecule has 0 bridgehead atoms. The standard InChI is InChI=1S/C20H24ClN3O4/c1-13(20(26)23-17-11-14(21)5-10-18(17)28-4)24(2)12-19(25)22-15-6-8-16(27-3)9-7-15/h5-11,13H,12H2,1-4H3,(H,22,25)(H,23,26)/p+1/t13-/m0/s1. The maximum atomic E-state index is 12.6. The van der Waals surface area contributed by atoms with E-state index in [1.54, 1.807) is 63.5 Å². The van der Waals surface area contributed by atoms with Gasteiger partial charge in [0.2, 0.25) is 0 Å². The number of quaternary nitrogens is 1. The Morgan fingerprint density at radius 1 is 1.07 bits per heavy atom. The highest BCUT2D eigenvalue weighted by Gasteiger charge is 2.25. The van der Waals surface area contributed by atoms with Crippen LogP contribution in [0.5, 0.6) is 11.5 Å². The average molecular weight is 407 g/mol. The van der Waals surface area contributed by atoms with Crippen molar-refractivity contribution in [3.63, 3.8) is 0 Å². The number of methoxy groups -OCH3 is 2. The van der Waals surface area contributed by atoms with Crippen molar-refractivity contribution in [2.24, 2.45) is 0 Å². The number of ether oxygens (including phenoxy) is 2. The number of carbonyl (C=O) groups excluding carboxylic acids is 2. The molecule has 8 heteroatoms. The molecule has 0 aromatic heterocycles. The fourth-order valence-corrected chi connectivity index (χ4v) is 2.70. The van der Waals surface area contributed by atoms with E-state index in [-0.39, 0.29) is 18.4 Å². The Morgan fingerprint density at radius 2 is 1.75 bits per heavy atom. The van der Waals surface area contributed by atoms with Crippen molar-refractivity contribution in [1.29, 1.82) is 0 Å². The summed E-state index contributed by atoms with van der Waals surface area (Å²) in [6.45, 7) is 1.88. The predicted octanol–water partition coefficient (Wildman–Crippen LogP) is 1.84. The highest BCUT2D eigenvalue weighted by molar-refractivity contribution is 6.31. The third-order valence-corrected chi connectivity index (χ3v) is 4.60. The monoisotopic (exact) mass is 406 g/mol. The lowest BCUT2D eigenvalue weighted by Crippen LogP contribution is -3.14. The zero-order valence-electron chi connectivity index (χ0n) is 16.3. The van der Waals surface area contributed by atoms with Gasteiger partial charge >= 0.3 is 0 Å². The number of halogens is 1. The Kier molecular flexibility index (Phi) is 7.66. The predicted molar refractivity (Wildman–Crippen MR) is 109 cm³/mol. The first-order valence-electron chi connectivity index (χ1n) is 8.74. The molecule has 0 radical (unpaired) electrons. The van der Waals surface area contributed by atoms with Crippen LogP contribution in [-0.4, -0.2) is 45.7 Å². The van der Waals surface area contributed by atoms with Gasteiger partial charge in [0.05, 0.1) is 27.0 Å². The molecule has 1 unspecified atom stereocenters. The molecule has 0 aliphatic carbocycles. The van der Waals surface area contributed by atoms with Crippen molar-refractivity contribution in [2.45, 2.75) is 13.0 Å². The Morgan fingerprint density at radius 3 is 2.36 bits per heavy atom. The van der Waals surface area contributed by atoms with E-state index in [0.29, 0.717) is 27.9 Å². The molecule has 0 spiro atoms. The van der Waals surface area contributed by atoms with Crippen molar-refractivity contribution in [1.82, 2.24) is 0 Å². The van der Waals surface area contributed by atoms with Gasteiger partial charge in [0.1, 0.15) is 11.5 Å². The van der Waals surface area contributed by atoms with Crippen LogP contribution in [0.1, 0.15) is 6.92 Å². The third-order valence-electron chi connectivity index (χ3n) is 4.37. The number of rotatable bonds is 8. The van der Waals surface area contributed by atoms with Gasteiger partial charge in [-0.1, -0.05) is 11.6 Å². The van der Waals surface area contributed by atoms with Crippen LogP contribution in [0.3, 0.4) is 0 Å². The first kappa shape index (κ1) is 21.5. The minimum absolute atomic E-state index is 0.132. The number of anilines is 2. The summed E-state index contributed by atoms with van der Waals surface area (Å²) in [6.07, 6.45) is 0. The molecule has 28 heavy (non-hydrogen) atoms. The van der Waals surface area contributed by atoms with E-state index < -0.39 is 6.04 Å². The lowest BCUT2D eigenvalue weighted by Gasteiger charge is -2.21. The Labute approximate surface area is 169 Å². The molecule has 0 fully saturated rings. The van der Waals surface area contributed by atoms with E-state index >= 15 is 0 Å². The molecular weight excluding hydrogens is 382 g/mol. The van der Waals surface area contributed by atoms with Crippen LogP contribution in [0.25, 0.3) is 0 Å². The Bertz CT molecular complexity index is 827. The van der Waals surface area contributed by atoms with E-state index in [9.17, 15) is 9.59 Å². The smallest absolute Gasteiger partial charge is 0.282 e. The topological polar surface area (TPSA) is 81.1 Å². The first-order chi connectivity index (χ1) is 13.3. The summed E-state index contributed by atoms with van der Waals surface area (Å²) in [5.74, 6) is 0.792. The van der Waals surface area contributed by atoms with Crippen molar-refractivity contribution >= 4 is 34.8 Å². The molecular formula is C20H25ClN3O4+. The maximum absolute atomic E-state index is 12.6. The van der Waals surface area contributed by atoms with Gasteiger partial charge in [-0.25, -0.2) is 0 Å². The van der Waals surface area contributed by atoms with Gasteiger partial charge in [0.15, 0.2) is 12.6 Å². The first-order valence-corrected chi connectivity index (χ1v) is 9.12. The van der Waals surface area contributed by atoms with Gasteiger partial charge in [-0.2, -0.15) is 0 Å². The molecule has 0 heterocycles. The molecule has 0 saturated heterocycles. The largest absolute Gasteiger partial charge is 0.497 e. The van der Waals surface area contributed by atoms with E-state index in [1.807, 2.05) is 0 Å². The molecule has 0 aliphatic rings. The second-order valence-corrected chi connectivity index (χ2v) is 6.79. The van der Waals surface area contributed by atoms with E-state index in [0.717, 1.165) is 4.90 Å². The van der Waals surface area contributed by atoms with Crippen molar-refractivity contribution < 1.29 is 24.0 Å². The fourth-order valence-electron chi connectivity index (χ4n) is 2.53. The lowest BCUT2D eigenvalue weighted by molar-refractivity contribution is -0.885. The molecule has 2 amide bonds. The van der Waals surface area contributed by atoms with E-state index in [2.05, 4.69) is 10.6 Å². The van der Waals surface area contributed by atoms with Crippen LogP contribution in [0.2, 0.25) is 5.02 Å². The van der Waals surface area contributed by atoms with E-state index in [4.69, 9.17) is 21.1 Å². The molecule has 2 rings (SSSR count). The van der Waals surface area contributed by atoms with Crippen molar-refractivity contribution in [3.8, 4) is 11.5 Å². The quantitative estimate of drug-likeness (QED) is 0.625. The number of hydrogen-bond acceptors (Lipinski definition) is 4. The molecule has 0 saturated carbocycles. The summed E-state index contributed by atoms with van der Waals surface area (Å²) >= 11 is 5.99. The molecule has 2 aromatic carbocycles. The summed E-state index contributed by atoms with van der Waals surface area (Å²) < 4.78 is 10.3. The van der Waals surface area contributed by atoms with Crippen LogP contribution in [0, 0.1) is 0 Å². The minimum atomic E-state index is -0.467. The number of nitrogens with one attached hydrogen (secondary N) is 3. The second kappa shape index (κ2) is 9.96. The number of likely N-dealkylation sites (N-methyl/N-ethyl adjacent to an activating group) is 1. The van der Waals surface area contributed by atoms with Crippen molar-refractivity contribution in [3.05, 3.63) is 47.5 Å². The zero-order valence-corrected chi connectivity index (χ0v) is 17.1. The van der Waals surface area contributed by atoms with E-state index in [1.165, 1.54) is 7.11 Å². The number of benzene rings is 2. The number of hydrogen-bond donors (Lipinski definition) is 3. The summed E-state index contributed by atoms with van der Waals surface area (Å²) in [7, 11) is 4.88. The molecule has 0 aliphatic heterocycles. The normalized spacial score (nSPS) is 12.6. The maximum Gasteiger partial charge on any atom is 0.282 e. The number of carbonyl (C=O) groups is 2. The SMILES string of the molecule is COc1ccc(NC(=O)C[NH+](C)[C@@H](C)C(=O)Nc2cc(Cl)ccc2OC)cc1. The minimum Gasteiger partial charge on any atom is -0.497 e. The van der Waals surface area contributed by atoms with Gasteiger partial charge in [0.25, 0.3) is 11.8 Å². The van der Waals surface area contributed by atoms with Gasteiger partial charge in [-0.05, 0) is 49.4 Å². The van der Waals surface area contributed by atoms with Gasteiger partial charge in [-0.3, -0.25) is 9.59 Å². The summed E-state index contributed by atoms with van der Waals surface area (Å²) in [5.41, 5.74) is 1.15. The highest BCUT2D eigenvalue weighted by Crippen LogP contribution is 2.27. The van der Waals surface area contributed by atoms with Gasteiger partial charge < -0.3 is 25.0 Å².